The van der Waals surface area contributed by atoms with Crippen LogP contribution in [0.25, 0.3) is 0 Å². The first-order valence-electron chi connectivity index (χ1n) is 11.7. The Kier molecular flexibility index (Phi) is 7.23. The van der Waals surface area contributed by atoms with Gasteiger partial charge in [0.15, 0.2) is 5.78 Å². The highest BCUT2D eigenvalue weighted by atomic mass is 32.2. The number of nitrogens with one attached hydrogen (secondary N) is 1. The quantitative estimate of drug-likeness (QED) is 0.491. The molecule has 2 aromatic carbocycles. The smallest absolute Gasteiger partial charge is 0.254 e. The molecule has 1 amide bonds. The van der Waals surface area contributed by atoms with Crippen molar-refractivity contribution in [2.45, 2.75) is 45.1 Å². The highest BCUT2D eigenvalue weighted by molar-refractivity contribution is 7.89. The molecule has 1 saturated heterocycles. The lowest BCUT2D eigenvalue weighted by Crippen LogP contribution is -2.40. The van der Waals surface area contributed by atoms with E-state index in [1.54, 1.807) is 30.0 Å². The number of piperidine rings is 1. The molecule has 1 aliphatic rings. The van der Waals surface area contributed by atoms with Gasteiger partial charge in [0.05, 0.1) is 17.7 Å². The second-order valence-electron chi connectivity index (χ2n) is 9.13. The van der Waals surface area contributed by atoms with Crippen molar-refractivity contribution in [1.82, 2.24) is 9.62 Å². The number of ketones is 1. The van der Waals surface area contributed by atoms with E-state index in [9.17, 15) is 18.0 Å². The van der Waals surface area contributed by atoms with E-state index in [0.717, 1.165) is 16.7 Å². The van der Waals surface area contributed by atoms with Gasteiger partial charge >= 0.3 is 0 Å². The molecule has 0 unspecified atom stereocenters. The number of hydrogen-bond acceptors (Lipinski definition) is 5. The zero-order valence-corrected chi connectivity index (χ0v) is 21.0. The van der Waals surface area contributed by atoms with Crippen LogP contribution in [0.3, 0.4) is 0 Å². The Labute approximate surface area is 206 Å². The Morgan fingerprint density at radius 2 is 1.71 bits per heavy atom. The standard InChI is InChI=1S/C27H30N2O5S/c1-18-6-9-24(20(3)15-18)26(30)21-10-12-29(13-11-21)27(31)25-16-23(8-7-19(25)2)35(32,33)28-17-22-5-4-14-34-22/h4-9,14-16,21,28H,10-13,17H2,1-3H3. The zero-order chi connectivity index (χ0) is 25.2. The predicted molar refractivity (Wildman–Crippen MR) is 133 cm³/mol. The Morgan fingerprint density at radius 3 is 2.37 bits per heavy atom. The Hall–Kier alpha value is -3.23. The fourth-order valence-electron chi connectivity index (χ4n) is 4.49. The maximum absolute atomic E-state index is 13.3. The maximum Gasteiger partial charge on any atom is 0.254 e. The Bertz CT molecular complexity index is 1340. The van der Waals surface area contributed by atoms with Crippen molar-refractivity contribution < 1.29 is 22.4 Å². The Morgan fingerprint density at radius 1 is 0.971 bits per heavy atom. The van der Waals surface area contributed by atoms with Gasteiger partial charge in [-0.1, -0.05) is 29.8 Å². The maximum atomic E-state index is 13.3. The molecule has 4 rings (SSSR count). The van der Waals surface area contributed by atoms with Gasteiger partial charge in [-0.15, -0.1) is 0 Å². The molecule has 0 atom stereocenters. The number of Topliss-reactive ketones (excluding diaryl/α,β-unsaturated/α-hetero) is 1. The third-order valence-electron chi connectivity index (χ3n) is 6.57. The summed E-state index contributed by atoms with van der Waals surface area (Å²) in [5.41, 5.74) is 3.90. The Balaban J connectivity index is 1.44. The van der Waals surface area contributed by atoms with Crippen molar-refractivity contribution in [3.05, 3.63) is 88.4 Å². The van der Waals surface area contributed by atoms with Crippen LogP contribution in [-0.4, -0.2) is 38.1 Å². The number of sulfonamides is 1. The number of carbonyl (C=O) groups is 2. The van der Waals surface area contributed by atoms with Crippen LogP contribution >= 0.6 is 0 Å². The van der Waals surface area contributed by atoms with Gasteiger partial charge in [0.2, 0.25) is 10.0 Å². The summed E-state index contributed by atoms with van der Waals surface area (Å²) in [6.45, 7) is 6.67. The molecule has 0 bridgehead atoms. The minimum Gasteiger partial charge on any atom is -0.468 e. The van der Waals surface area contributed by atoms with Gasteiger partial charge in [-0.25, -0.2) is 13.1 Å². The van der Waals surface area contributed by atoms with Gasteiger partial charge in [-0.2, -0.15) is 0 Å². The zero-order valence-electron chi connectivity index (χ0n) is 20.2. The van der Waals surface area contributed by atoms with E-state index in [4.69, 9.17) is 4.42 Å². The van der Waals surface area contributed by atoms with Crippen LogP contribution < -0.4 is 4.72 Å². The average molecular weight is 495 g/mol. The van der Waals surface area contributed by atoms with E-state index in [1.165, 1.54) is 18.4 Å². The van der Waals surface area contributed by atoms with Crippen LogP contribution in [-0.2, 0) is 16.6 Å². The molecule has 1 fully saturated rings. The first-order valence-corrected chi connectivity index (χ1v) is 13.2. The summed E-state index contributed by atoms with van der Waals surface area (Å²) in [5, 5.41) is 0. The largest absolute Gasteiger partial charge is 0.468 e. The molecule has 3 aromatic rings. The molecule has 35 heavy (non-hydrogen) atoms. The molecule has 1 aliphatic heterocycles. The van der Waals surface area contributed by atoms with Crippen molar-refractivity contribution in [3.8, 4) is 0 Å². The minimum atomic E-state index is -3.82. The first-order chi connectivity index (χ1) is 16.7. The van der Waals surface area contributed by atoms with E-state index >= 15 is 0 Å². The summed E-state index contributed by atoms with van der Waals surface area (Å²) in [7, 11) is -3.82. The van der Waals surface area contributed by atoms with Crippen LogP contribution in [0.4, 0.5) is 0 Å². The van der Waals surface area contributed by atoms with Gasteiger partial charge in [0.25, 0.3) is 5.91 Å². The summed E-state index contributed by atoms with van der Waals surface area (Å²) < 4.78 is 33.2. The lowest BCUT2D eigenvalue weighted by molar-refractivity contribution is 0.0649. The van der Waals surface area contributed by atoms with Crippen LogP contribution in [0.15, 0.2) is 64.1 Å². The van der Waals surface area contributed by atoms with E-state index in [1.807, 2.05) is 32.0 Å². The van der Waals surface area contributed by atoms with Crippen LogP contribution in [0, 0.1) is 26.7 Å². The van der Waals surface area contributed by atoms with E-state index in [-0.39, 0.29) is 29.0 Å². The van der Waals surface area contributed by atoms with Crippen molar-refractivity contribution >= 4 is 21.7 Å². The van der Waals surface area contributed by atoms with Crippen molar-refractivity contribution in [3.63, 3.8) is 0 Å². The lowest BCUT2D eigenvalue weighted by atomic mass is 9.86. The second-order valence-corrected chi connectivity index (χ2v) is 10.9. The molecular weight excluding hydrogens is 464 g/mol. The van der Waals surface area contributed by atoms with Gasteiger partial charge < -0.3 is 9.32 Å². The van der Waals surface area contributed by atoms with Crippen LogP contribution in [0.2, 0.25) is 0 Å². The third-order valence-corrected chi connectivity index (χ3v) is 7.97. The molecule has 7 nitrogen and oxygen atoms in total. The number of likely N-dealkylation sites (tertiary alicyclic amines) is 1. The first kappa shape index (κ1) is 24.9. The average Bonchev–Trinajstić information content (AvgIpc) is 3.36. The topological polar surface area (TPSA) is 96.7 Å². The highest BCUT2D eigenvalue weighted by Gasteiger charge is 2.30. The van der Waals surface area contributed by atoms with Crippen molar-refractivity contribution in [2.24, 2.45) is 5.92 Å². The summed E-state index contributed by atoms with van der Waals surface area (Å²) in [6.07, 6.45) is 2.64. The minimum absolute atomic E-state index is 0.0223. The fourth-order valence-corrected chi connectivity index (χ4v) is 5.51. The summed E-state index contributed by atoms with van der Waals surface area (Å²) in [4.78, 5) is 28.1. The normalized spacial score (nSPS) is 14.8. The highest BCUT2D eigenvalue weighted by Crippen LogP contribution is 2.26. The lowest BCUT2D eigenvalue weighted by Gasteiger charge is -2.32. The van der Waals surface area contributed by atoms with E-state index in [2.05, 4.69) is 4.72 Å². The van der Waals surface area contributed by atoms with Gasteiger partial charge in [-0.3, -0.25) is 9.59 Å². The predicted octanol–water partition coefficient (Wildman–Crippen LogP) is 4.42. The van der Waals surface area contributed by atoms with Gasteiger partial charge in [-0.05, 0) is 69.0 Å². The third kappa shape index (κ3) is 5.55. The number of amides is 1. The van der Waals surface area contributed by atoms with Crippen molar-refractivity contribution in [1.29, 1.82) is 0 Å². The number of nitrogens with zero attached hydrogens (tertiary/aromatic N) is 1. The molecule has 0 saturated carbocycles. The molecule has 8 heteroatoms. The molecule has 1 aromatic heterocycles. The summed E-state index contributed by atoms with van der Waals surface area (Å²) in [6, 6.07) is 13.8. The van der Waals surface area contributed by atoms with E-state index < -0.39 is 10.0 Å². The number of aryl methyl sites for hydroxylation is 3. The van der Waals surface area contributed by atoms with Crippen LogP contribution in [0.1, 0.15) is 56.0 Å². The number of hydrogen-bond donors (Lipinski definition) is 1. The monoisotopic (exact) mass is 494 g/mol. The molecule has 1 N–H and O–H groups in total. The number of benzene rings is 2. The molecular formula is C27H30N2O5S. The molecule has 184 valence electrons. The summed E-state index contributed by atoms with van der Waals surface area (Å²) >= 11 is 0. The number of rotatable bonds is 7. The van der Waals surface area contributed by atoms with E-state index in [0.29, 0.717) is 42.8 Å². The second kappa shape index (κ2) is 10.2. The summed E-state index contributed by atoms with van der Waals surface area (Å²) in [5.74, 6) is 0.277. The molecule has 0 spiro atoms. The molecule has 0 radical (unpaired) electrons. The fraction of sp³-hybridized carbons (Fsp3) is 0.333. The molecule has 2 heterocycles. The molecule has 0 aliphatic carbocycles. The number of carbonyl (C=O) groups excluding carboxylic acids is 2. The van der Waals surface area contributed by atoms with Gasteiger partial charge in [0, 0.05) is 30.1 Å². The van der Waals surface area contributed by atoms with Crippen LogP contribution in [0.5, 0.6) is 0 Å². The van der Waals surface area contributed by atoms with Crippen molar-refractivity contribution in [2.75, 3.05) is 13.1 Å². The SMILES string of the molecule is Cc1ccc(C(=O)C2CCN(C(=O)c3cc(S(=O)(=O)NCc4ccco4)ccc3C)CC2)c(C)c1. The van der Waals surface area contributed by atoms with Gasteiger partial charge in [0.1, 0.15) is 5.76 Å². The number of furan rings is 1.